The first-order chi connectivity index (χ1) is 10.7. The molecule has 0 unspecified atom stereocenters. The van der Waals surface area contributed by atoms with Gasteiger partial charge in [-0.2, -0.15) is 0 Å². The summed E-state index contributed by atoms with van der Waals surface area (Å²) in [5.74, 6) is 0.196. The fourth-order valence-electron chi connectivity index (χ4n) is 3.42. The summed E-state index contributed by atoms with van der Waals surface area (Å²) < 4.78 is 0. The second kappa shape index (κ2) is 6.95. The Morgan fingerprint density at radius 1 is 1.14 bits per heavy atom. The van der Waals surface area contributed by atoms with Crippen LogP contribution in [0.3, 0.4) is 0 Å². The molecule has 0 radical (unpaired) electrons. The van der Waals surface area contributed by atoms with E-state index in [1.165, 1.54) is 18.4 Å². The van der Waals surface area contributed by atoms with E-state index in [0.29, 0.717) is 12.8 Å². The van der Waals surface area contributed by atoms with Gasteiger partial charge in [-0.1, -0.05) is 31.0 Å². The number of amides is 2. The van der Waals surface area contributed by atoms with E-state index in [-0.39, 0.29) is 17.7 Å². The standard InChI is InChI=1S/C18H24N2O2/c21-17(20-11-5-1-2-6-12-20)10-9-15-13-14-7-3-4-8-16(14)19-18(15)22/h3-4,7-8,15H,1-2,5-6,9-13H2,(H,19,22)/t15-/m1/s1. The average Bonchev–Trinajstić information content (AvgIpc) is 2.82. The third kappa shape index (κ3) is 3.49. The molecule has 1 aromatic rings. The predicted octanol–water partition coefficient (Wildman–Crippen LogP) is 2.98. The maximum Gasteiger partial charge on any atom is 0.227 e. The summed E-state index contributed by atoms with van der Waals surface area (Å²) in [6, 6.07) is 7.92. The molecular weight excluding hydrogens is 276 g/mol. The predicted molar refractivity (Wildman–Crippen MR) is 86.5 cm³/mol. The Morgan fingerprint density at radius 3 is 2.64 bits per heavy atom. The van der Waals surface area contributed by atoms with Crippen LogP contribution in [0.4, 0.5) is 5.69 Å². The molecule has 1 fully saturated rings. The fraction of sp³-hybridized carbons (Fsp3) is 0.556. The Labute approximate surface area is 131 Å². The number of hydrogen-bond acceptors (Lipinski definition) is 2. The molecule has 118 valence electrons. The van der Waals surface area contributed by atoms with Gasteiger partial charge in [0.1, 0.15) is 0 Å². The van der Waals surface area contributed by atoms with Crippen molar-refractivity contribution in [2.75, 3.05) is 18.4 Å². The van der Waals surface area contributed by atoms with Gasteiger partial charge in [-0.25, -0.2) is 0 Å². The van der Waals surface area contributed by atoms with Crippen molar-refractivity contribution < 1.29 is 9.59 Å². The van der Waals surface area contributed by atoms with Gasteiger partial charge in [0.15, 0.2) is 0 Å². The van der Waals surface area contributed by atoms with Crippen molar-refractivity contribution in [1.82, 2.24) is 4.90 Å². The zero-order chi connectivity index (χ0) is 15.4. The van der Waals surface area contributed by atoms with Crippen LogP contribution in [0.2, 0.25) is 0 Å². The highest BCUT2D eigenvalue weighted by molar-refractivity contribution is 5.96. The molecular formula is C18H24N2O2. The number of carbonyl (C=O) groups is 2. The minimum Gasteiger partial charge on any atom is -0.343 e. The lowest BCUT2D eigenvalue weighted by Crippen LogP contribution is -2.34. The van der Waals surface area contributed by atoms with Crippen molar-refractivity contribution in [2.45, 2.75) is 44.9 Å². The van der Waals surface area contributed by atoms with Gasteiger partial charge in [0.05, 0.1) is 0 Å². The number of nitrogens with zero attached hydrogens (tertiary/aromatic N) is 1. The van der Waals surface area contributed by atoms with Crippen LogP contribution in [0.15, 0.2) is 24.3 Å². The molecule has 0 bridgehead atoms. The molecule has 4 heteroatoms. The van der Waals surface area contributed by atoms with E-state index in [1.807, 2.05) is 23.1 Å². The molecule has 2 heterocycles. The quantitative estimate of drug-likeness (QED) is 0.933. The van der Waals surface area contributed by atoms with Crippen LogP contribution in [0.25, 0.3) is 0 Å². The Kier molecular flexibility index (Phi) is 4.76. The van der Waals surface area contributed by atoms with Crippen molar-refractivity contribution in [3.8, 4) is 0 Å². The van der Waals surface area contributed by atoms with Crippen LogP contribution in [0, 0.1) is 5.92 Å². The molecule has 1 aromatic carbocycles. The number of nitrogens with one attached hydrogen (secondary N) is 1. The van der Waals surface area contributed by atoms with Crippen LogP contribution in [0.1, 0.15) is 44.1 Å². The molecule has 4 nitrogen and oxygen atoms in total. The molecule has 1 atom stereocenters. The number of rotatable bonds is 3. The van der Waals surface area contributed by atoms with Gasteiger partial charge in [0.2, 0.25) is 11.8 Å². The number of fused-ring (bicyclic) bond motifs is 1. The first kappa shape index (κ1) is 15.1. The van der Waals surface area contributed by atoms with Gasteiger partial charge in [0.25, 0.3) is 0 Å². The molecule has 2 aliphatic heterocycles. The maximum absolute atomic E-state index is 12.3. The summed E-state index contributed by atoms with van der Waals surface area (Å²) in [4.78, 5) is 26.5. The summed E-state index contributed by atoms with van der Waals surface area (Å²) in [7, 11) is 0. The fourth-order valence-corrected chi connectivity index (χ4v) is 3.42. The van der Waals surface area contributed by atoms with Gasteiger partial charge < -0.3 is 10.2 Å². The van der Waals surface area contributed by atoms with Crippen molar-refractivity contribution in [1.29, 1.82) is 0 Å². The highest BCUT2D eigenvalue weighted by atomic mass is 16.2. The largest absolute Gasteiger partial charge is 0.343 e. The van der Waals surface area contributed by atoms with Crippen LogP contribution < -0.4 is 5.32 Å². The molecule has 2 aliphatic rings. The summed E-state index contributed by atoms with van der Waals surface area (Å²) in [5.41, 5.74) is 2.09. The molecule has 1 N–H and O–H groups in total. The normalized spacial score (nSPS) is 21.7. The van der Waals surface area contributed by atoms with E-state index in [9.17, 15) is 9.59 Å². The highest BCUT2D eigenvalue weighted by Crippen LogP contribution is 2.27. The number of carbonyl (C=O) groups excluding carboxylic acids is 2. The van der Waals surface area contributed by atoms with E-state index >= 15 is 0 Å². The SMILES string of the molecule is O=C1Nc2ccccc2C[C@H]1CCC(=O)N1CCCCCC1. The topological polar surface area (TPSA) is 49.4 Å². The Hall–Kier alpha value is -1.84. The third-order valence-electron chi connectivity index (χ3n) is 4.78. The van der Waals surface area contributed by atoms with Crippen molar-refractivity contribution in [3.63, 3.8) is 0 Å². The summed E-state index contributed by atoms with van der Waals surface area (Å²) in [6.07, 6.45) is 6.56. The second-order valence-corrected chi connectivity index (χ2v) is 6.38. The molecule has 2 amide bonds. The Bertz CT molecular complexity index is 548. The van der Waals surface area contributed by atoms with Crippen molar-refractivity contribution >= 4 is 17.5 Å². The molecule has 3 rings (SSSR count). The summed E-state index contributed by atoms with van der Waals surface area (Å²) in [5, 5.41) is 2.96. The van der Waals surface area contributed by atoms with Crippen LogP contribution in [-0.2, 0) is 16.0 Å². The van der Waals surface area contributed by atoms with Gasteiger partial charge >= 0.3 is 0 Å². The van der Waals surface area contributed by atoms with Gasteiger partial charge in [-0.3, -0.25) is 9.59 Å². The lowest BCUT2D eigenvalue weighted by Gasteiger charge is -2.26. The number of anilines is 1. The average molecular weight is 300 g/mol. The first-order valence-corrected chi connectivity index (χ1v) is 8.40. The van der Waals surface area contributed by atoms with Crippen molar-refractivity contribution in [2.24, 2.45) is 5.92 Å². The van der Waals surface area contributed by atoms with Gasteiger partial charge in [0, 0.05) is 31.1 Å². The minimum atomic E-state index is -0.0779. The Morgan fingerprint density at radius 2 is 1.86 bits per heavy atom. The Balaban J connectivity index is 1.55. The molecule has 1 saturated heterocycles. The van der Waals surface area contributed by atoms with Crippen molar-refractivity contribution in [3.05, 3.63) is 29.8 Å². The van der Waals surface area contributed by atoms with E-state index in [4.69, 9.17) is 0 Å². The smallest absolute Gasteiger partial charge is 0.227 e. The zero-order valence-corrected chi connectivity index (χ0v) is 13.0. The molecule has 0 spiro atoms. The minimum absolute atomic E-state index is 0.0577. The summed E-state index contributed by atoms with van der Waals surface area (Å²) >= 11 is 0. The van der Waals surface area contributed by atoms with Gasteiger partial charge in [-0.05, 0) is 37.3 Å². The number of likely N-dealkylation sites (tertiary alicyclic amines) is 1. The first-order valence-electron chi connectivity index (χ1n) is 8.40. The molecule has 0 aliphatic carbocycles. The van der Waals surface area contributed by atoms with Crippen LogP contribution in [-0.4, -0.2) is 29.8 Å². The number of benzene rings is 1. The lowest BCUT2D eigenvalue weighted by atomic mass is 9.89. The van der Waals surface area contributed by atoms with E-state index in [1.54, 1.807) is 0 Å². The van der Waals surface area contributed by atoms with Gasteiger partial charge in [-0.15, -0.1) is 0 Å². The second-order valence-electron chi connectivity index (χ2n) is 6.38. The van der Waals surface area contributed by atoms with Crippen LogP contribution in [0.5, 0.6) is 0 Å². The van der Waals surface area contributed by atoms with Crippen LogP contribution >= 0.6 is 0 Å². The lowest BCUT2D eigenvalue weighted by molar-refractivity contribution is -0.131. The third-order valence-corrected chi connectivity index (χ3v) is 4.78. The maximum atomic E-state index is 12.3. The number of hydrogen-bond donors (Lipinski definition) is 1. The van der Waals surface area contributed by atoms with E-state index in [2.05, 4.69) is 11.4 Å². The molecule has 22 heavy (non-hydrogen) atoms. The summed E-state index contributed by atoms with van der Waals surface area (Å²) in [6.45, 7) is 1.77. The molecule has 0 aromatic heterocycles. The highest BCUT2D eigenvalue weighted by Gasteiger charge is 2.27. The molecule has 0 saturated carbocycles. The number of para-hydroxylation sites is 1. The zero-order valence-electron chi connectivity index (χ0n) is 13.0. The van der Waals surface area contributed by atoms with E-state index in [0.717, 1.165) is 38.0 Å². The monoisotopic (exact) mass is 300 g/mol. The van der Waals surface area contributed by atoms with E-state index < -0.39 is 0 Å².